The van der Waals surface area contributed by atoms with Crippen LogP contribution in [0.3, 0.4) is 0 Å². The molecule has 5 aromatic rings. The van der Waals surface area contributed by atoms with Crippen LogP contribution in [0, 0.1) is 11.7 Å². The van der Waals surface area contributed by atoms with Gasteiger partial charge in [-0.3, -0.25) is 4.79 Å². The zero-order valence-corrected chi connectivity index (χ0v) is 22.3. The second kappa shape index (κ2) is 8.75. The van der Waals surface area contributed by atoms with E-state index in [1.165, 1.54) is 18.3 Å². The minimum atomic E-state index is -1.29. The molecular formula is C29H28FN7O3. The summed E-state index contributed by atoms with van der Waals surface area (Å²) in [5.74, 6) is -1.13. The van der Waals surface area contributed by atoms with E-state index in [1.54, 1.807) is 37.1 Å². The Kier molecular flexibility index (Phi) is 5.36. The van der Waals surface area contributed by atoms with Crippen LogP contribution in [0.15, 0.2) is 41.6 Å². The lowest BCUT2D eigenvalue weighted by Gasteiger charge is -2.29. The molecule has 1 unspecified atom stereocenters. The molecular weight excluding hydrogens is 513 g/mol. The maximum atomic E-state index is 14.9. The van der Waals surface area contributed by atoms with E-state index in [0.717, 1.165) is 53.6 Å². The molecule has 0 spiro atoms. The molecule has 2 saturated heterocycles. The van der Waals surface area contributed by atoms with Crippen LogP contribution in [0.5, 0.6) is 0 Å². The highest BCUT2D eigenvalue weighted by Gasteiger charge is 2.41. The summed E-state index contributed by atoms with van der Waals surface area (Å²) in [6.07, 6.45) is 5.79. The van der Waals surface area contributed by atoms with Gasteiger partial charge < -0.3 is 29.8 Å². The molecule has 40 heavy (non-hydrogen) atoms. The van der Waals surface area contributed by atoms with Gasteiger partial charge in [0.05, 0.1) is 27.7 Å². The quantitative estimate of drug-likeness (QED) is 0.316. The molecule has 0 saturated carbocycles. The minimum Gasteiger partial charge on any atom is -0.477 e. The van der Waals surface area contributed by atoms with Crippen LogP contribution in [-0.4, -0.2) is 75.3 Å². The predicted octanol–water partition coefficient (Wildman–Crippen LogP) is 3.65. The Hall–Kier alpha value is -4.51. The van der Waals surface area contributed by atoms with Crippen molar-refractivity contribution in [1.29, 1.82) is 0 Å². The second-order valence-electron chi connectivity index (χ2n) is 10.9. The minimum absolute atomic E-state index is 0.216. The van der Waals surface area contributed by atoms with Crippen molar-refractivity contribution in [2.45, 2.75) is 12.5 Å². The second-order valence-corrected chi connectivity index (χ2v) is 10.9. The number of aromatic nitrogens is 4. The summed E-state index contributed by atoms with van der Waals surface area (Å²) >= 11 is 0. The average Bonchev–Trinajstić information content (AvgIpc) is 3.61. The summed E-state index contributed by atoms with van der Waals surface area (Å²) in [6, 6.07) is 4.97. The van der Waals surface area contributed by atoms with Crippen LogP contribution < -0.4 is 15.6 Å². The number of carboxylic acid groups (broad SMARTS) is 1. The number of anilines is 2. The number of aryl methyl sites for hydroxylation is 1. The Morgan fingerprint density at radius 2 is 1.98 bits per heavy atom. The third-order valence-electron chi connectivity index (χ3n) is 8.51. The van der Waals surface area contributed by atoms with Crippen LogP contribution in [0.2, 0.25) is 0 Å². The number of carboxylic acids is 1. The fraction of sp³-hybridized carbons (Fsp3) is 0.310. The summed E-state index contributed by atoms with van der Waals surface area (Å²) in [5, 5.41) is 14.4. The van der Waals surface area contributed by atoms with Gasteiger partial charge in [-0.25, -0.2) is 19.2 Å². The van der Waals surface area contributed by atoms with Gasteiger partial charge >= 0.3 is 5.97 Å². The monoisotopic (exact) mass is 541 g/mol. The Morgan fingerprint density at radius 3 is 2.75 bits per heavy atom. The Morgan fingerprint density at radius 1 is 1.15 bits per heavy atom. The maximum absolute atomic E-state index is 14.9. The molecule has 2 aliphatic rings. The van der Waals surface area contributed by atoms with Gasteiger partial charge in [-0.15, -0.1) is 0 Å². The normalized spacial score (nSPS) is 19.2. The predicted molar refractivity (Wildman–Crippen MR) is 153 cm³/mol. The third-order valence-corrected chi connectivity index (χ3v) is 8.51. The average molecular weight is 542 g/mol. The molecule has 2 fully saturated rings. The standard InChI is InChI=1S/C29H28FN7O3/c1-31-21-8-16(30)7-17-23-25(37-5-4-14-11-35(2)13-22(14)37)19(10-32-27(23)34-24(17)21)15-6-18-26(38)20(29(39)40)12-36(3)28(18)33-9-15/h6-10,12,14,22,31H,4-5,11,13H2,1-3H3,(H,32,34)(H,39,40)/t14-,22?/m0/s1. The van der Waals surface area contributed by atoms with E-state index >= 15 is 0 Å². The van der Waals surface area contributed by atoms with Crippen molar-refractivity contribution >= 4 is 50.3 Å². The van der Waals surface area contributed by atoms with Crippen molar-refractivity contribution in [3.05, 3.63) is 58.4 Å². The molecule has 2 atom stereocenters. The van der Waals surface area contributed by atoms with Crippen molar-refractivity contribution in [2.75, 3.05) is 43.9 Å². The van der Waals surface area contributed by atoms with Crippen LogP contribution in [0.4, 0.5) is 15.8 Å². The van der Waals surface area contributed by atoms with Gasteiger partial charge in [0, 0.05) is 74.9 Å². The summed E-state index contributed by atoms with van der Waals surface area (Å²) in [5.41, 5.74) is 3.85. The lowest BCUT2D eigenvalue weighted by molar-refractivity contribution is 0.0695. The van der Waals surface area contributed by atoms with Gasteiger partial charge in [-0.1, -0.05) is 0 Å². The number of fused-ring (bicyclic) bond motifs is 5. The largest absolute Gasteiger partial charge is 0.477 e. The number of hydrogen-bond acceptors (Lipinski definition) is 7. The first-order valence-electron chi connectivity index (χ1n) is 13.2. The summed E-state index contributed by atoms with van der Waals surface area (Å²) in [6.45, 7) is 2.76. The molecule has 6 heterocycles. The lowest BCUT2D eigenvalue weighted by atomic mass is 9.99. The van der Waals surface area contributed by atoms with Crippen LogP contribution in [-0.2, 0) is 7.05 Å². The van der Waals surface area contributed by atoms with E-state index in [1.807, 2.05) is 0 Å². The van der Waals surface area contributed by atoms with Crippen molar-refractivity contribution in [1.82, 2.24) is 24.4 Å². The number of likely N-dealkylation sites (N-methyl/N-ethyl adjacent to an activating group) is 1. The highest BCUT2D eigenvalue weighted by atomic mass is 19.1. The van der Waals surface area contributed by atoms with E-state index in [2.05, 4.69) is 32.1 Å². The van der Waals surface area contributed by atoms with Crippen molar-refractivity contribution in [3.63, 3.8) is 0 Å². The van der Waals surface area contributed by atoms with E-state index in [4.69, 9.17) is 4.98 Å². The molecule has 4 aromatic heterocycles. The van der Waals surface area contributed by atoms with Crippen molar-refractivity contribution in [2.24, 2.45) is 13.0 Å². The van der Waals surface area contributed by atoms with Crippen LogP contribution >= 0.6 is 0 Å². The molecule has 204 valence electrons. The number of nitrogens with one attached hydrogen (secondary N) is 2. The molecule has 10 nitrogen and oxygen atoms in total. The smallest absolute Gasteiger partial charge is 0.341 e. The number of likely N-dealkylation sites (tertiary alicyclic amines) is 1. The molecule has 0 amide bonds. The van der Waals surface area contributed by atoms with Crippen molar-refractivity contribution in [3.8, 4) is 11.1 Å². The number of benzene rings is 1. The van der Waals surface area contributed by atoms with Gasteiger partial charge in [0.25, 0.3) is 0 Å². The molecule has 0 bridgehead atoms. The Labute approximate surface area is 228 Å². The first kappa shape index (κ1) is 24.5. The van der Waals surface area contributed by atoms with Crippen LogP contribution in [0.25, 0.3) is 44.1 Å². The number of pyridine rings is 3. The number of aromatic amines is 1. The number of aromatic carboxylic acids is 1. The van der Waals surface area contributed by atoms with E-state index in [-0.39, 0.29) is 22.8 Å². The van der Waals surface area contributed by atoms with Crippen LogP contribution in [0.1, 0.15) is 16.8 Å². The maximum Gasteiger partial charge on any atom is 0.341 e. The van der Waals surface area contributed by atoms with E-state index in [0.29, 0.717) is 28.5 Å². The van der Waals surface area contributed by atoms with Gasteiger partial charge in [0.1, 0.15) is 22.7 Å². The molecule has 11 heteroatoms. The Balaban J connectivity index is 1.55. The highest BCUT2D eigenvalue weighted by molar-refractivity contribution is 6.18. The molecule has 7 rings (SSSR count). The summed E-state index contributed by atoms with van der Waals surface area (Å²) in [4.78, 5) is 42.4. The zero-order chi connectivity index (χ0) is 27.9. The number of nitrogens with zero attached hydrogens (tertiary/aromatic N) is 5. The SMILES string of the molecule is CNc1cc(F)cc2c1[nH]c1ncc(-c3cnc4c(c3)c(=O)c(C(=O)O)cn4C)c(N3CC[C@H]4CN(C)CC43)c12. The first-order chi connectivity index (χ1) is 19.2. The topological polar surface area (TPSA) is 119 Å². The highest BCUT2D eigenvalue weighted by Crippen LogP contribution is 2.46. The number of hydrogen-bond donors (Lipinski definition) is 3. The zero-order valence-electron chi connectivity index (χ0n) is 22.3. The fourth-order valence-corrected chi connectivity index (χ4v) is 6.73. The molecule has 2 aliphatic heterocycles. The Bertz CT molecular complexity index is 1930. The van der Waals surface area contributed by atoms with Gasteiger partial charge in [-0.05, 0) is 37.6 Å². The number of rotatable bonds is 4. The third kappa shape index (κ3) is 3.50. The lowest BCUT2D eigenvalue weighted by Crippen LogP contribution is -2.35. The number of H-pyrrole nitrogens is 1. The number of carbonyl (C=O) groups is 1. The first-order valence-corrected chi connectivity index (χ1v) is 13.2. The van der Waals surface area contributed by atoms with Gasteiger partial charge in [0.15, 0.2) is 0 Å². The molecule has 0 radical (unpaired) electrons. The summed E-state index contributed by atoms with van der Waals surface area (Å²) < 4.78 is 16.4. The van der Waals surface area contributed by atoms with Gasteiger partial charge in [-0.2, -0.15) is 0 Å². The summed E-state index contributed by atoms with van der Waals surface area (Å²) in [7, 11) is 5.55. The van der Waals surface area contributed by atoms with E-state index in [9.17, 15) is 19.1 Å². The fourth-order valence-electron chi connectivity index (χ4n) is 6.73. The van der Waals surface area contributed by atoms with Gasteiger partial charge in [0.2, 0.25) is 5.43 Å². The number of halogens is 1. The van der Waals surface area contributed by atoms with Crippen molar-refractivity contribution < 1.29 is 14.3 Å². The molecule has 0 aliphatic carbocycles. The van der Waals surface area contributed by atoms with E-state index < -0.39 is 11.4 Å². The molecule has 1 aromatic carbocycles. The molecule has 3 N–H and O–H groups in total.